The molecule has 14 nitrogen and oxygen atoms in total. The number of carboxylic acid groups (broad SMARTS) is 3. The van der Waals surface area contributed by atoms with Crippen molar-refractivity contribution in [1.82, 2.24) is 5.32 Å². The molecule has 2 unspecified atom stereocenters. The van der Waals surface area contributed by atoms with Crippen LogP contribution in [-0.2, 0) is 19.2 Å². The fraction of sp³-hybridized carbons (Fsp3) is 0.583. The number of carbonyl (C=O) groups is 4. The maximum absolute atomic E-state index is 10.2. The number of guanidine groups is 1. The molecule has 0 aliphatic rings. The van der Waals surface area contributed by atoms with Crippen LogP contribution < -0.4 is 34.0 Å². The number of hydrogen-bond donors (Lipinski definition) is 10. The van der Waals surface area contributed by atoms with Crippen molar-refractivity contribution in [3.05, 3.63) is 0 Å². The van der Waals surface area contributed by atoms with Crippen LogP contribution in [-0.4, -0.2) is 70.3 Å². The molecule has 0 radical (unpaired) electrons. The zero-order valence-electron chi connectivity index (χ0n) is 14.1. The molecule has 0 aliphatic carbocycles. The third-order valence-corrected chi connectivity index (χ3v) is 2.24. The van der Waals surface area contributed by atoms with Gasteiger partial charge in [0.2, 0.25) is 5.91 Å². The molecular weight excluding hydrogens is 354 g/mol. The SMILES string of the molecule is N=C(N)NCCCC(N)C(=O)O.NC(=O)CC(N)C(=O)O.NCC(=O)O. The molecule has 152 valence electrons. The number of aliphatic carboxylic acids is 3. The van der Waals surface area contributed by atoms with Gasteiger partial charge >= 0.3 is 17.9 Å². The Hall–Kier alpha value is -2.97. The number of nitrogens with one attached hydrogen (secondary N) is 2. The van der Waals surface area contributed by atoms with Crippen LogP contribution in [0.3, 0.4) is 0 Å². The number of primary amides is 1. The van der Waals surface area contributed by atoms with Gasteiger partial charge in [-0.05, 0) is 12.8 Å². The van der Waals surface area contributed by atoms with Gasteiger partial charge in [0.25, 0.3) is 0 Å². The molecule has 15 N–H and O–H groups in total. The topological polar surface area (TPSA) is 295 Å². The summed E-state index contributed by atoms with van der Waals surface area (Å²) in [6.45, 7) is 0.205. The fourth-order valence-electron chi connectivity index (χ4n) is 0.973. The second kappa shape index (κ2) is 16.9. The van der Waals surface area contributed by atoms with Gasteiger partial charge in [-0.3, -0.25) is 24.6 Å². The third kappa shape index (κ3) is 26.0. The van der Waals surface area contributed by atoms with Crippen LogP contribution in [0.4, 0.5) is 0 Å². The van der Waals surface area contributed by atoms with Crippen LogP contribution in [0, 0.1) is 5.41 Å². The van der Waals surface area contributed by atoms with Crippen LogP contribution in [0.2, 0.25) is 0 Å². The van der Waals surface area contributed by atoms with E-state index < -0.39 is 35.9 Å². The number of carbonyl (C=O) groups excluding carboxylic acids is 1. The maximum atomic E-state index is 10.2. The largest absolute Gasteiger partial charge is 0.480 e. The van der Waals surface area contributed by atoms with Crippen molar-refractivity contribution >= 4 is 29.8 Å². The molecule has 0 aromatic rings. The highest BCUT2D eigenvalue weighted by atomic mass is 16.4. The highest BCUT2D eigenvalue weighted by Gasteiger charge is 2.13. The summed E-state index contributed by atoms with van der Waals surface area (Å²) in [7, 11) is 0. The summed E-state index contributed by atoms with van der Waals surface area (Å²) in [5.74, 6) is -4.00. The minimum atomic E-state index is -1.21. The normalized spacial score (nSPS) is 11.3. The first kappa shape index (κ1) is 27.9. The van der Waals surface area contributed by atoms with Gasteiger partial charge in [0, 0.05) is 6.54 Å². The highest BCUT2D eigenvalue weighted by molar-refractivity contribution is 5.83. The van der Waals surface area contributed by atoms with E-state index in [9.17, 15) is 19.2 Å². The Morgan fingerprint density at radius 1 is 0.962 bits per heavy atom. The molecule has 0 rings (SSSR count). The van der Waals surface area contributed by atoms with Crippen LogP contribution in [0.1, 0.15) is 19.3 Å². The average molecular weight is 381 g/mol. The van der Waals surface area contributed by atoms with E-state index in [0.717, 1.165) is 0 Å². The average Bonchev–Trinajstić information content (AvgIpc) is 2.51. The molecule has 0 spiro atoms. The highest BCUT2D eigenvalue weighted by Crippen LogP contribution is 1.92. The first-order valence-corrected chi connectivity index (χ1v) is 7.09. The summed E-state index contributed by atoms with van der Waals surface area (Å²) < 4.78 is 0. The van der Waals surface area contributed by atoms with E-state index in [1.165, 1.54) is 0 Å². The number of nitrogens with two attached hydrogens (primary N) is 5. The van der Waals surface area contributed by atoms with Crippen molar-refractivity contribution in [2.75, 3.05) is 13.1 Å². The minimum Gasteiger partial charge on any atom is -0.480 e. The van der Waals surface area contributed by atoms with E-state index in [-0.39, 0.29) is 18.9 Å². The molecule has 26 heavy (non-hydrogen) atoms. The molecule has 2 atom stereocenters. The van der Waals surface area contributed by atoms with Crippen LogP contribution in [0.5, 0.6) is 0 Å². The first-order valence-electron chi connectivity index (χ1n) is 7.09. The molecule has 0 fully saturated rings. The molecule has 0 saturated carbocycles. The van der Waals surface area contributed by atoms with E-state index in [4.69, 9.17) is 37.9 Å². The van der Waals surface area contributed by atoms with Gasteiger partial charge < -0.3 is 49.3 Å². The Morgan fingerprint density at radius 2 is 1.38 bits per heavy atom. The predicted octanol–water partition coefficient (Wildman–Crippen LogP) is -4.04. The molecule has 0 bridgehead atoms. The summed E-state index contributed by atoms with van der Waals surface area (Å²) in [4.78, 5) is 39.4. The summed E-state index contributed by atoms with van der Waals surface area (Å²) in [6.07, 6.45) is 0.665. The van der Waals surface area contributed by atoms with E-state index in [0.29, 0.717) is 19.4 Å². The first-order chi connectivity index (χ1) is 11.8. The molecule has 0 aliphatic heterocycles. The van der Waals surface area contributed by atoms with Gasteiger partial charge in [0.1, 0.15) is 12.1 Å². The zero-order valence-corrected chi connectivity index (χ0v) is 14.1. The van der Waals surface area contributed by atoms with Gasteiger partial charge in [-0.25, -0.2) is 0 Å². The summed E-state index contributed by atoms with van der Waals surface area (Å²) in [5.41, 5.74) is 24.4. The van der Waals surface area contributed by atoms with Crippen LogP contribution in [0.15, 0.2) is 0 Å². The third-order valence-electron chi connectivity index (χ3n) is 2.24. The van der Waals surface area contributed by atoms with Crippen LogP contribution >= 0.6 is 0 Å². The van der Waals surface area contributed by atoms with Crippen molar-refractivity contribution in [2.24, 2.45) is 28.7 Å². The number of amides is 1. The van der Waals surface area contributed by atoms with E-state index >= 15 is 0 Å². The van der Waals surface area contributed by atoms with Crippen molar-refractivity contribution in [1.29, 1.82) is 5.41 Å². The molecule has 0 saturated heterocycles. The zero-order chi connectivity index (χ0) is 21.3. The van der Waals surface area contributed by atoms with Gasteiger partial charge in [0.05, 0.1) is 13.0 Å². The number of carboxylic acids is 3. The molecular formula is C12H27N7O7. The second-order valence-corrected chi connectivity index (χ2v) is 4.64. The lowest BCUT2D eigenvalue weighted by Crippen LogP contribution is -2.34. The molecule has 0 heterocycles. The van der Waals surface area contributed by atoms with E-state index in [2.05, 4.69) is 16.8 Å². The summed E-state index contributed by atoms with van der Waals surface area (Å²) >= 11 is 0. The summed E-state index contributed by atoms with van der Waals surface area (Å²) in [6, 6.07) is -1.98. The van der Waals surface area contributed by atoms with E-state index in [1.54, 1.807) is 0 Å². The minimum absolute atomic E-state index is 0.112. The fourth-order valence-corrected chi connectivity index (χ4v) is 0.973. The van der Waals surface area contributed by atoms with Crippen molar-refractivity contribution < 1.29 is 34.5 Å². The van der Waals surface area contributed by atoms with Crippen molar-refractivity contribution in [3.63, 3.8) is 0 Å². The lowest BCUT2D eigenvalue weighted by atomic mass is 10.2. The Labute approximate surface area is 149 Å². The molecule has 0 aromatic heterocycles. The van der Waals surface area contributed by atoms with Gasteiger partial charge in [0.15, 0.2) is 5.96 Å². The lowest BCUT2D eigenvalue weighted by Gasteiger charge is -2.06. The summed E-state index contributed by atoms with van der Waals surface area (Å²) in [5, 5.41) is 33.4. The van der Waals surface area contributed by atoms with Gasteiger partial charge in [-0.15, -0.1) is 0 Å². The quantitative estimate of drug-likeness (QED) is 0.104. The number of rotatable bonds is 9. The Balaban J connectivity index is -0.000000333. The maximum Gasteiger partial charge on any atom is 0.321 e. The van der Waals surface area contributed by atoms with Crippen molar-refractivity contribution in [2.45, 2.75) is 31.3 Å². The standard InChI is InChI=1S/C6H14N4O2.C4H8N2O3.C2H5NO2/c7-4(5(11)12)2-1-3-10-6(8)9;5-2(4(8)9)1-3(6)7;3-1-2(4)5/h4H,1-3,7H2,(H,11,12)(H4,8,9,10);2H,1,5H2,(H2,6,7)(H,8,9);1,3H2,(H,4,5). The molecule has 1 amide bonds. The van der Waals surface area contributed by atoms with Gasteiger partial charge in [-0.1, -0.05) is 0 Å². The molecule has 0 aromatic carbocycles. The lowest BCUT2D eigenvalue weighted by molar-refractivity contribution is -0.140. The number of hydrogen-bond acceptors (Lipinski definition) is 8. The monoisotopic (exact) mass is 381 g/mol. The second-order valence-electron chi connectivity index (χ2n) is 4.64. The Morgan fingerprint density at radius 3 is 1.62 bits per heavy atom. The smallest absolute Gasteiger partial charge is 0.321 e. The molecule has 14 heteroatoms. The van der Waals surface area contributed by atoms with E-state index in [1.807, 2.05) is 0 Å². The van der Waals surface area contributed by atoms with Crippen LogP contribution in [0.25, 0.3) is 0 Å². The van der Waals surface area contributed by atoms with Gasteiger partial charge in [-0.2, -0.15) is 0 Å². The predicted molar refractivity (Wildman–Crippen MR) is 90.9 cm³/mol. The Kier molecular flexibility index (Phi) is 18.1. The Bertz CT molecular complexity index is 473. The van der Waals surface area contributed by atoms with Crippen molar-refractivity contribution in [3.8, 4) is 0 Å².